The highest BCUT2D eigenvalue weighted by atomic mass is 35.5. The molecule has 0 radical (unpaired) electrons. The first kappa shape index (κ1) is 14.8. The minimum atomic E-state index is -0.147. The first-order valence-electron chi connectivity index (χ1n) is 7.52. The number of nitrogens with zero attached hydrogens (tertiary/aromatic N) is 2. The Labute approximate surface area is 143 Å². The van der Waals surface area contributed by atoms with Gasteiger partial charge in [-0.3, -0.25) is 4.79 Å². The summed E-state index contributed by atoms with van der Waals surface area (Å²) in [4.78, 5) is 15.8. The molecule has 6 heteroatoms. The monoisotopic (exact) mass is 345 g/mol. The van der Waals surface area contributed by atoms with E-state index >= 15 is 0 Å². The van der Waals surface area contributed by atoms with Crippen molar-refractivity contribution in [3.8, 4) is 0 Å². The maximum Gasteiger partial charge on any atom is 0.251 e. The molecule has 2 aliphatic rings. The van der Waals surface area contributed by atoms with Crippen LogP contribution in [0.5, 0.6) is 0 Å². The number of rotatable bonds is 3. The summed E-state index contributed by atoms with van der Waals surface area (Å²) < 4.78 is 0. The van der Waals surface area contributed by atoms with Gasteiger partial charge in [0.15, 0.2) is 0 Å². The van der Waals surface area contributed by atoms with Gasteiger partial charge in [0.25, 0.3) is 5.91 Å². The van der Waals surface area contributed by atoms with Gasteiger partial charge in [-0.2, -0.15) is 0 Å². The van der Waals surface area contributed by atoms with Crippen molar-refractivity contribution in [1.29, 1.82) is 0 Å². The second kappa shape index (κ2) is 6.00. The molecule has 1 N–H and O–H groups in total. The summed E-state index contributed by atoms with van der Waals surface area (Å²) in [6.07, 6.45) is 4.57. The average molecular weight is 346 g/mol. The molecule has 0 bridgehead atoms. The van der Waals surface area contributed by atoms with Gasteiger partial charge in [-0.15, -0.1) is 11.3 Å². The van der Waals surface area contributed by atoms with E-state index < -0.39 is 0 Å². The summed E-state index contributed by atoms with van der Waals surface area (Å²) in [6.45, 7) is 0.546. The van der Waals surface area contributed by atoms with Crippen molar-refractivity contribution in [3.05, 3.63) is 69.6 Å². The zero-order chi connectivity index (χ0) is 15.8. The van der Waals surface area contributed by atoms with Gasteiger partial charge in [-0.25, -0.2) is 5.43 Å². The largest absolute Gasteiger partial charge is 0.311 e. The third-order valence-corrected chi connectivity index (χ3v) is 5.42. The third kappa shape index (κ3) is 2.87. The number of hydrazine groups is 1. The van der Waals surface area contributed by atoms with E-state index in [1.54, 1.807) is 16.2 Å². The number of benzene rings is 1. The molecule has 2 aromatic rings. The lowest BCUT2D eigenvalue weighted by atomic mass is 10.1. The summed E-state index contributed by atoms with van der Waals surface area (Å²) in [5.41, 5.74) is 4.44. The molecule has 0 aliphatic carbocycles. The fraction of sp³-hybridized carbons (Fsp3) is 0.235. The summed E-state index contributed by atoms with van der Waals surface area (Å²) in [5, 5.41) is 4.69. The Morgan fingerprint density at radius 3 is 2.96 bits per heavy atom. The number of carbonyl (C=O) groups excluding carboxylic acids is 1. The summed E-state index contributed by atoms with van der Waals surface area (Å²) in [5.74, 6) is 0.124. The molecule has 4 nitrogen and oxygen atoms in total. The van der Waals surface area contributed by atoms with Gasteiger partial charge in [-0.1, -0.05) is 29.8 Å². The van der Waals surface area contributed by atoms with Crippen LogP contribution >= 0.6 is 22.9 Å². The number of fused-ring (bicyclic) bond motifs is 1. The molecule has 2 unspecified atom stereocenters. The van der Waals surface area contributed by atoms with E-state index in [-0.39, 0.29) is 18.0 Å². The molecule has 0 saturated carbocycles. The maximum absolute atomic E-state index is 12.8. The Balaban J connectivity index is 1.50. The Bertz CT molecular complexity index is 746. The van der Waals surface area contributed by atoms with Crippen molar-refractivity contribution in [2.24, 2.45) is 0 Å². The summed E-state index contributed by atoms with van der Waals surface area (Å²) in [6, 6.07) is 11.8. The van der Waals surface area contributed by atoms with Crippen LogP contribution in [0.2, 0.25) is 5.02 Å². The molecular formula is C17H16ClN3OS. The molecule has 2 atom stereocenters. The Morgan fingerprint density at radius 1 is 1.26 bits per heavy atom. The van der Waals surface area contributed by atoms with Crippen molar-refractivity contribution in [1.82, 2.24) is 15.3 Å². The second-order valence-electron chi connectivity index (χ2n) is 5.75. The highest BCUT2D eigenvalue weighted by Gasteiger charge is 2.40. The zero-order valence-electron chi connectivity index (χ0n) is 12.4. The number of carbonyl (C=O) groups is 1. The molecule has 3 heterocycles. The fourth-order valence-corrected chi connectivity index (χ4v) is 4.07. The van der Waals surface area contributed by atoms with E-state index in [0.29, 0.717) is 11.6 Å². The van der Waals surface area contributed by atoms with E-state index in [1.807, 2.05) is 47.7 Å². The van der Waals surface area contributed by atoms with Gasteiger partial charge in [0, 0.05) is 28.7 Å². The number of amides is 1. The van der Waals surface area contributed by atoms with Gasteiger partial charge in [0.2, 0.25) is 0 Å². The van der Waals surface area contributed by atoms with Crippen LogP contribution in [0.4, 0.5) is 0 Å². The first-order valence-corrected chi connectivity index (χ1v) is 8.77. The molecule has 1 amide bonds. The standard InChI is InChI=1S/C17H16ClN3OS/c18-13-4-1-3-12(9-13)11-20-6-7-21-15(17(20)22)10-14(19-21)16-5-2-8-23-16/h1-9,14-15,19H,10-11H2. The predicted molar refractivity (Wildman–Crippen MR) is 91.6 cm³/mol. The molecule has 23 heavy (non-hydrogen) atoms. The lowest BCUT2D eigenvalue weighted by Gasteiger charge is -2.31. The predicted octanol–water partition coefficient (Wildman–Crippen LogP) is 3.54. The van der Waals surface area contributed by atoms with E-state index in [0.717, 1.165) is 12.0 Å². The molecular weight excluding hydrogens is 330 g/mol. The Morgan fingerprint density at radius 2 is 2.17 bits per heavy atom. The number of nitrogens with one attached hydrogen (secondary N) is 1. The van der Waals surface area contributed by atoms with Crippen molar-refractivity contribution in [2.75, 3.05) is 0 Å². The molecule has 1 aromatic carbocycles. The fourth-order valence-electron chi connectivity index (χ4n) is 3.08. The molecule has 1 saturated heterocycles. The normalized spacial score (nSPS) is 23.4. The number of halogens is 1. The van der Waals surface area contributed by atoms with Gasteiger partial charge < -0.3 is 9.91 Å². The van der Waals surface area contributed by atoms with Crippen molar-refractivity contribution in [3.63, 3.8) is 0 Å². The number of hydrogen-bond donors (Lipinski definition) is 1. The van der Waals surface area contributed by atoms with E-state index in [4.69, 9.17) is 11.6 Å². The van der Waals surface area contributed by atoms with Gasteiger partial charge in [-0.05, 0) is 29.1 Å². The zero-order valence-corrected chi connectivity index (χ0v) is 13.9. The topological polar surface area (TPSA) is 35.6 Å². The first-order chi connectivity index (χ1) is 11.2. The SMILES string of the molecule is O=C1C2CC(c3cccs3)NN2C=CN1Cc1cccc(Cl)c1. The van der Waals surface area contributed by atoms with Crippen molar-refractivity contribution >= 4 is 28.8 Å². The lowest BCUT2D eigenvalue weighted by Crippen LogP contribution is -2.47. The highest BCUT2D eigenvalue weighted by Crippen LogP contribution is 2.33. The van der Waals surface area contributed by atoms with Crippen LogP contribution in [-0.2, 0) is 11.3 Å². The van der Waals surface area contributed by atoms with Gasteiger partial charge >= 0.3 is 0 Å². The lowest BCUT2D eigenvalue weighted by molar-refractivity contribution is -0.134. The van der Waals surface area contributed by atoms with E-state index in [1.165, 1.54) is 4.88 Å². The van der Waals surface area contributed by atoms with E-state index in [2.05, 4.69) is 16.9 Å². The average Bonchev–Trinajstić information content (AvgIpc) is 3.19. The number of hydrogen-bond acceptors (Lipinski definition) is 4. The quantitative estimate of drug-likeness (QED) is 0.924. The van der Waals surface area contributed by atoms with Crippen LogP contribution in [0.1, 0.15) is 22.9 Å². The molecule has 2 aliphatic heterocycles. The molecule has 1 aromatic heterocycles. The molecule has 4 rings (SSSR count). The molecule has 1 fully saturated rings. The van der Waals surface area contributed by atoms with Crippen LogP contribution in [-0.4, -0.2) is 21.9 Å². The molecule has 0 spiro atoms. The smallest absolute Gasteiger partial charge is 0.251 e. The van der Waals surface area contributed by atoms with Crippen LogP contribution < -0.4 is 5.43 Å². The van der Waals surface area contributed by atoms with Crippen LogP contribution in [0.25, 0.3) is 0 Å². The van der Waals surface area contributed by atoms with Crippen molar-refractivity contribution < 1.29 is 4.79 Å². The van der Waals surface area contributed by atoms with Crippen LogP contribution in [0, 0.1) is 0 Å². The van der Waals surface area contributed by atoms with Crippen molar-refractivity contribution in [2.45, 2.75) is 25.0 Å². The number of thiophene rings is 1. The highest BCUT2D eigenvalue weighted by molar-refractivity contribution is 7.10. The minimum Gasteiger partial charge on any atom is -0.311 e. The van der Waals surface area contributed by atoms with Gasteiger partial charge in [0.05, 0.1) is 12.6 Å². The van der Waals surface area contributed by atoms with Gasteiger partial charge in [0.1, 0.15) is 6.04 Å². The van der Waals surface area contributed by atoms with Crippen LogP contribution in [0.3, 0.4) is 0 Å². The van der Waals surface area contributed by atoms with E-state index in [9.17, 15) is 4.79 Å². The minimum absolute atomic E-state index is 0.124. The Hall–Kier alpha value is -1.82. The summed E-state index contributed by atoms with van der Waals surface area (Å²) in [7, 11) is 0. The third-order valence-electron chi connectivity index (χ3n) is 4.20. The summed E-state index contributed by atoms with van der Waals surface area (Å²) >= 11 is 7.74. The van der Waals surface area contributed by atoms with Crippen LogP contribution in [0.15, 0.2) is 54.2 Å². The second-order valence-corrected chi connectivity index (χ2v) is 7.17. The molecule has 118 valence electrons. The maximum atomic E-state index is 12.8. The Kier molecular flexibility index (Phi) is 3.85.